The molecule has 0 amide bonds. The summed E-state index contributed by atoms with van der Waals surface area (Å²) in [6.45, 7) is 1.90. The van der Waals surface area contributed by atoms with Gasteiger partial charge in [0.2, 0.25) is 0 Å². The minimum absolute atomic E-state index is 0.108. The van der Waals surface area contributed by atoms with E-state index in [1.54, 1.807) is 12.3 Å². The van der Waals surface area contributed by atoms with Gasteiger partial charge in [0.1, 0.15) is 12.4 Å². The minimum atomic E-state index is -0.421. The zero-order valence-electron chi connectivity index (χ0n) is 16.2. The van der Waals surface area contributed by atoms with Crippen LogP contribution >= 0.6 is 23.2 Å². The molecular weight excluding hydrogens is 431 g/mol. The molecule has 0 aliphatic carbocycles. The molecule has 0 saturated carbocycles. The van der Waals surface area contributed by atoms with E-state index in [1.165, 1.54) is 7.11 Å². The average molecular weight is 451 g/mol. The van der Waals surface area contributed by atoms with Gasteiger partial charge in [0.25, 0.3) is 0 Å². The summed E-state index contributed by atoms with van der Waals surface area (Å²) in [5.74, 6) is 0.333. The topological polar surface area (TPSA) is 89.6 Å². The summed E-state index contributed by atoms with van der Waals surface area (Å²) in [5.41, 5.74) is 2.50. The monoisotopic (exact) mass is 450 g/mol. The Balaban J connectivity index is 1.63. The Morgan fingerprint density at radius 1 is 1.40 bits per heavy atom. The molecule has 0 spiro atoms. The molecule has 2 aromatic heterocycles. The molecular formula is C20H20Cl2N4O4. The number of methoxy groups -OCH3 is 1. The summed E-state index contributed by atoms with van der Waals surface area (Å²) in [5, 5.41) is 8.65. The number of nitrogens with zero attached hydrogens (tertiary/aromatic N) is 3. The first-order chi connectivity index (χ1) is 14.6. The lowest BCUT2D eigenvalue weighted by Crippen LogP contribution is -2.45. The number of hydrogen-bond donors (Lipinski definition) is 1. The Morgan fingerprint density at radius 2 is 2.27 bits per heavy atom. The van der Waals surface area contributed by atoms with Crippen LogP contribution in [0.2, 0.25) is 10.0 Å². The molecule has 0 bridgehead atoms. The quantitative estimate of drug-likeness (QED) is 0.575. The largest absolute Gasteiger partial charge is 0.467 e. The molecule has 0 unspecified atom stereocenters. The van der Waals surface area contributed by atoms with E-state index in [1.807, 2.05) is 18.3 Å². The maximum atomic E-state index is 11.2. The first-order valence-corrected chi connectivity index (χ1v) is 10.1. The van der Waals surface area contributed by atoms with Gasteiger partial charge in [0.15, 0.2) is 0 Å². The van der Waals surface area contributed by atoms with Crippen LogP contribution < -0.4 is 4.90 Å². The summed E-state index contributed by atoms with van der Waals surface area (Å²) in [6.07, 6.45) is 3.38. The summed E-state index contributed by atoms with van der Waals surface area (Å²) in [7, 11) is 1.32. The van der Waals surface area contributed by atoms with Crippen LogP contribution in [0.25, 0.3) is 22.0 Å². The second kappa shape index (κ2) is 9.18. The van der Waals surface area contributed by atoms with Crippen LogP contribution in [-0.2, 0) is 19.0 Å². The molecule has 1 atom stereocenters. The van der Waals surface area contributed by atoms with Crippen molar-refractivity contribution in [1.82, 2.24) is 15.2 Å². The second-order valence-electron chi connectivity index (χ2n) is 6.80. The van der Waals surface area contributed by atoms with E-state index < -0.39 is 5.97 Å². The lowest BCUT2D eigenvalue weighted by Gasteiger charge is -2.34. The summed E-state index contributed by atoms with van der Waals surface area (Å²) >= 11 is 12.7. The van der Waals surface area contributed by atoms with E-state index in [4.69, 9.17) is 37.7 Å². The number of nitrogens with one attached hydrogen (secondary N) is 1. The van der Waals surface area contributed by atoms with Crippen molar-refractivity contribution in [2.45, 2.75) is 6.10 Å². The average Bonchev–Trinajstić information content (AvgIpc) is 3.30. The number of hydrogen-bond acceptors (Lipinski definition) is 7. The summed E-state index contributed by atoms with van der Waals surface area (Å²) < 4.78 is 15.8. The van der Waals surface area contributed by atoms with Crippen LogP contribution in [0.4, 0.5) is 5.82 Å². The highest BCUT2D eigenvalue weighted by Gasteiger charge is 2.24. The lowest BCUT2D eigenvalue weighted by atomic mass is 10.0. The second-order valence-corrected chi connectivity index (χ2v) is 7.59. The van der Waals surface area contributed by atoms with Crippen molar-refractivity contribution in [2.75, 3.05) is 44.9 Å². The van der Waals surface area contributed by atoms with Crippen LogP contribution in [0, 0.1) is 0 Å². The number of halogens is 2. The highest BCUT2D eigenvalue weighted by atomic mass is 35.5. The zero-order valence-corrected chi connectivity index (χ0v) is 17.7. The molecule has 0 radical (unpaired) electrons. The van der Waals surface area contributed by atoms with Gasteiger partial charge in [-0.2, -0.15) is 5.10 Å². The van der Waals surface area contributed by atoms with Gasteiger partial charge in [-0.3, -0.25) is 5.10 Å². The molecule has 30 heavy (non-hydrogen) atoms. The van der Waals surface area contributed by atoms with Crippen LogP contribution in [0.15, 0.2) is 30.6 Å². The van der Waals surface area contributed by atoms with E-state index in [9.17, 15) is 4.79 Å². The van der Waals surface area contributed by atoms with Gasteiger partial charge in [-0.15, -0.1) is 0 Å². The Morgan fingerprint density at radius 3 is 3.03 bits per heavy atom. The molecule has 4 rings (SSSR count). The van der Waals surface area contributed by atoms with Crippen molar-refractivity contribution in [3.8, 4) is 11.1 Å². The van der Waals surface area contributed by atoms with Crippen molar-refractivity contribution in [1.29, 1.82) is 0 Å². The number of carbonyl (C=O) groups is 1. The number of benzene rings is 1. The number of aromatic nitrogens is 3. The third-order valence-electron chi connectivity index (χ3n) is 4.88. The number of aromatic amines is 1. The van der Waals surface area contributed by atoms with Crippen molar-refractivity contribution in [2.24, 2.45) is 0 Å². The molecule has 10 heteroatoms. The van der Waals surface area contributed by atoms with E-state index in [2.05, 4.69) is 19.8 Å². The van der Waals surface area contributed by atoms with Gasteiger partial charge in [0.05, 0.1) is 48.2 Å². The number of carbonyl (C=O) groups excluding carboxylic acids is 1. The first-order valence-electron chi connectivity index (χ1n) is 9.36. The fourth-order valence-corrected chi connectivity index (χ4v) is 3.74. The third kappa shape index (κ3) is 4.37. The molecule has 1 N–H and O–H groups in total. The Labute approximate surface area is 183 Å². The summed E-state index contributed by atoms with van der Waals surface area (Å²) in [6, 6.07) is 5.68. The highest BCUT2D eigenvalue weighted by Crippen LogP contribution is 2.37. The van der Waals surface area contributed by atoms with Crippen LogP contribution in [0.5, 0.6) is 0 Å². The molecule has 8 nitrogen and oxygen atoms in total. The normalized spacial score (nSPS) is 16.8. The van der Waals surface area contributed by atoms with E-state index in [-0.39, 0.29) is 19.3 Å². The molecule has 1 aliphatic rings. The van der Waals surface area contributed by atoms with Gasteiger partial charge in [-0.05, 0) is 17.7 Å². The molecule has 1 saturated heterocycles. The van der Waals surface area contributed by atoms with Crippen molar-refractivity contribution >= 4 is 45.9 Å². The maximum Gasteiger partial charge on any atom is 0.331 e. The molecule has 1 fully saturated rings. The van der Waals surface area contributed by atoms with Crippen LogP contribution in [0.1, 0.15) is 0 Å². The van der Waals surface area contributed by atoms with E-state index >= 15 is 0 Å². The Kier molecular flexibility index (Phi) is 6.38. The van der Waals surface area contributed by atoms with Crippen molar-refractivity contribution in [3.63, 3.8) is 0 Å². The predicted octanol–water partition coefficient (Wildman–Crippen LogP) is 3.33. The van der Waals surface area contributed by atoms with Gasteiger partial charge in [-0.25, -0.2) is 9.78 Å². The van der Waals surface area contributed by atoms with Gasteiger partial charge < -0.3 is 19.1 Å². The number of H-pyrrole nitrogens is 1. The van der Waals surface area contributed by atoms with Crippen LogP contribution in [-0.4, -0.2) is 67.3 Å². The number of rotatable bonds is 6. The Bertz CT molecular complexity index is 1040. The molecule has 158 valence electrons. The highest BCUT2D eigenvalue weighted by molar-refractivity contribution is 6.45. The van der Waals surface area contributed by atoms with E-state index in [0.717, 1.165) is 22.3 Å². The Hall–Kier alpha value is -2.39. The summed E-state index contributed by atoms with van der Waals surface area (Å²) in [4.78, 5) is 18.1. The SMILES string of the molecule is COC(=O)COC[C@@H]1CN(c2cc(-c3cn[nH]c3)c3ccc(Cl)c(Cl)c3n2)CCO1. The van der Waals surface area contributed by atoms with Gasteiger partial charge in [0, 0.05) is 30.2 Å². The molecule has 1 aliphatic heterocycles. The van der Waals surface area contributed by atoms with Crippen molar-refractivity contribution in [3.05, 3.63) is 40.6 Å². The molecule has 1 aromatic carbocycles. The molecule has 3 aromatic rings. The first kappa shape index (κ1) is 20.9. The fourth-order valence-electron chi connectivity index (χ4n) is 3.38. The number of pyridine rings is 1. The fraction of sp³-hybridized carbons (Fsp3) is 0.350. The van der Waals surface area contributed by atoms with E-state index in [0.29, 0.717) is 35.3 Å². The number of fused-ring (bicyclic) bond motifs is 1. The standard InChI is InChI=1S/C20H20Cl2N4O4/c1-28-18(27)11-29-10-13-9-26(4-5-30-13)17-6-15(12-7-23-24-8-12)14-2-3-16(21)19(22)20(14)25-17/h2-3,6-8,13H,4-5,9-11H2,1H3,(H,23,24)/t13-/m0/s1. The number of esters is 1. The molecule has 3 heterocycles. The predicted molar refractivity (Wildman–Crippen MR) is 114 cm³/mol. The number of anilines is 1. The van der Waals surface area contributed by atoms with Gasteiger partial charge in [-0.1, -0.05) is 29.3 Å². The van der Waals surface area contributed by atoms with Crippen LogP contribution in [0.3, 0.4) is 0 Å². The third-order valence-corrected chi connectivity index (χ3v) is 5.68. The number of ether oxygens (including phenoxy) is 3. The van der Waals surface area contributed by atoms with Gasteiger partial charge >= 0.3 is 5.97 Å². The minimum Gasteiger partial charge on any atom is -0.467 e. The lowest BCUT2D eigenvalue weighted by molar-refractivity contribution is -0.147. The zero-order chi connectivity index (χ0) is 21.1. The number of morpholine rings is 1. The smallest absolute Gasteiger partial charge is 0.331 e. The van der Waals surface area contributed by atoms with Crippen molar-refractivity contribution < 1.29 is 19.0 Å². The maximum absolute atomic E-state index is 11.2.